The lowest BCUT2D eigenvalue weighted by Gasteiger charge is -2.20. The predicted octanol–water partition coefficient (Wildman–Crippen LogP) is 2.01. The fourth-order valence-corrected chi connectivity index (χ4v) is 2.57. The topological polar surface area (TPSA) is 71.1 Å². The Morgan fingerprint density at radius 1 is 1.12 bits per heavy atom. The second-order valence-corrected chi connectivity index (χ2v) is 5.55. The fraction of sp³-hybridized carbons (Fsp3) is 0.529. The number of ether oxygens (including phenoxy) is 4. The smallest absolute Gasteiger partial charge is 0.305 e. The van der Waals surface area contributed by atoms with Crippen molar-refractivity contribution in [2.45, 2.75) is 39.0 Å². The second-order valence-electron chi connectivity index (χ2n) is 5.55. The first-order valence-electron chi connectivity index (χ1n) is 7.68. The lowest BCUT2D eigenvalue weighted by Crippen LogP contribution is -2.36. The van der Waals surface area contributed by atoms with Crippen LogP contribution in [0, 0.1) is 5.92 Å². The fourth-order valence-electron chi connectivity index (χ4n) is 2.57. The Hall–Kier alpha value is -1.99. The summed E-state index contributed by atoms with van der Waals surface area (Å²) in [5, 5.41) is 0. The second kappa shape index (κ2) is 8.75. The van der Waals surface area contributed by atoms with E-state index in [9.17, 15) is 14.0 Å². The van der Waals surface area contributed by atoms with Crippen molar-refractivity contribution in [3.05, 3.63) is 35.9 Å². The maximum Gasteiger partial charge on any atom is 0.305 e. The SMILES string of the molecule is CC(=O)OC1O[C@H](COCc2ccccc2)[C@@H](CF)[C@H]1OC(C)=O. The molecule has 1 aromatic carbocycles. The number of hydrogen-bond acceptors (Lipinski definition) is 6. The van der Waals surface area contributed by atoms with Crippen LogP contribution < -0.4 is 0 Å². The largest absolute Gasteiger partial charge is 0.455 e. The third-order valence-electron chi connectivity index (χ3n) is 3.63. The summed E-state index contributed by atoms with van der Waals surface area (Å²) >= 11 is 0. The molecular weight excluding hydrogens is 319 g/mol. The Morgan fingerprint density at radius 2 is 1.79 bits per heavy atom. The summed E-state index contributed by atoms with van der Waals surface area (Å²) < 4.78 is 34.6. The number of rotatable bonds is 7. The van der Waals surface area contributed by atoms with Crippen molar-refractivity contribution < 1.29 is 32.9 Å². The van der Waals surface area contributed by atoms with Crippen molar-refractivity contribution >= 4 is 11.9 Å². The zero-order valence-corrected chi connectivity index (χ0v) is 13.6. The van der Waals surface area contributed by atoms with E-state index in [1.54, 1.807) is 0 Å². The number of halogens is 1. The molecule has 0 N–H and O–H groups in total. The number of carbonyl (C=O) groups is 2. The number of esters is 2. The number of hydrogen-bond donors (Lipinski definition) is 0. The van der Waals surface area contributed by atoms with Crippen LogP contribution in [0.15, 0.2) is 30.3 Å². The van der Waals surface area contributed by atoms with Gasteiger partial charge < -0.3 is 18.9 Å². The molecule has 1 unspecified atom stereocenters. The molecule has 0 bridgehead atoms. The van der Waals surface area contributed by atoms with Gasteiger partial charge in [0.15, 0.2) is 6.10 Å². The molecule has 0 amide bonds. The Morgan fingerprint density at radius 3 is 2.38 bits per heavy atom. The lowest BCUT2D eigenvalue weighted by atomic mass is 10.0. The van der Waals surface area contributed by atoms with Gasteiger partial charge in [0.2, 0.25) is 6.29 Å². The van der Waals surface area contributed by atoms with Gasteiger partial charge in [-0.15, -0.1) is 0 Å². The molecule has 4 atom stereocenters. The normalized spacial score (nSPS) is 26.1. The lowest BCUT2D eigenvalue weighted by molar-refractivity contribution is -0.196. The quantitative estimate of drug-likeness (QED) is 0.707. The van der Waals surface area contributed by atoms with Crippen LogP contribution in [-0.4, -0.2) is 43.7 Å². The third-order valence-corrected chi connectivity index (χ3v) is 3.63. The highest BCUT2D eigenvalue weighted by molar-refractivity contribution is 5.67. The van der Waals surface area contributed by atoms with Crippen LogP contribution in [0.25, 0.3) is 0 Å². The minimum absolute atomic E-state index is 0.0962. The molecule has 0 aromatic heterocycles. The molecule has 0 aliphatic carbocycles. The highest BCUT2D eigenvalue weighted by Crippen LogP contribution is 2.31. The molecular formula is C17H21FO6. The van der Waals surface area contributed by atoms with Crippen molar-refractivity contribution in [3.63, 3.8) is 0 Å². The van der Waals surface area contributed by atoms with Gasteiger partial charge >= 0.3 is 11.9 Å². The standard InChI is InChI=1S/C17H21FO6/c1-11(19)22-16-14(8-18)15(24-17(16)23-12(2)20)10-21-9-13-6-4-3-5-7-13/h3-7,14-17H,8-10H2,1-2H3/t14-,15-,16-,17?/m1/s1. The van der Waals surface area contributed by atoms with E-state index >= 15 is 0 Å². The van der Waals surface area contributed by atoms with Gasteiger partial charge in [0.25, 0.3) is 0 Å². The van der Waals surface area contributed by atoms with Crippen LogP contribution >= 0.6 is 0 Å². The average Bonchev–Trinajstić information content (AvgIpc) is 2.84. The van der Waals surface area contributed by atoms with E-state index in [0.29, 0.717) is 6.61 Å². The molecule has 6 nitrogen and oxygen atoms in total. The van der Waals surface area contributed by atoms with E-state index in [1.165, 1.54) is 13.8 Å². The Balaban J connectivity index is 1.97. The molecule has 1 heterocycles. The Labute approximate surface area is 139 Å². The molecule has 1 aromatic rings. The zero-order chi connectivity index (χ0) is 17.5. The van der Waals surface area contributed by atoms with Crippen LogP contribution in [0.1, 0.15) is 19.4 Å². The maximum atomic E-state index is 13.4. The molecule has 1 fully saturated rings. The van der Waals surface area contributed by atoms with Gasteiger partial charge in [-0.2, -0.15) is 0 Å². The van der Waals surface area contributed by atoms with E-state index in [-0.39, 0.29) is 6.61 Å². The van der Waals surface area contributed by atoms with Crippen molar-refractivity contribution in [2.24, 2.45) is 5.92 Å². The van der Waals surface area contributed by atoms with E-state index in [4.69, 9.17) is 18.9 Å². The van der Waals surface area contributed by atoms with E-state index in [0.717, 1.165) is 5.56 Å². The van der Waals surface area contributed by atoms with E-state index in [2.05, 4.69) is 0 Å². The number of carbonyl (C=O) groups excluding carboxylic acids is 2. The summed E-state index contributed by atoms with van der Waals surface area (Å²) in [5.74, 6) is -1.94. The summed E-state index contributed by atoms with van der Waals surface area (Å²) in [4.78, 5) is 22.4. The van der Waals surface area contributed by atoms with Crippen LogP contribution in [0.5, 0.6) is 0 Å². The van der Waals surface area contributed by atoms with Crippen molar-refractivity contribution in [3.8, 4) is 0 Å². The summed E-state index contributed by atoms with van der Waals surface area (Å²) in [6.07, 6.45) is -2.79. The third kappa shape index (κ3) is 5.01. The van der Waals surface area contributed by atoms with Gasteiger partial charge in [-0.25, -0.2) is 0 Å². The van der Waals surface area contributed by atoms with Crippen LogP contribution in [0.3, 0.4) is 0 Å². The number of benzene rings is 1. The van der Waals surface area contributed by atoms with E-state index < -0.39 is 43.0 Å². The van der Waals surface area contributed by atoms with Gasteiger partial charge in [0.05, 0.1) is 31.9 Å². The highest BCUT2D eigenvalue weighted by Gasteiger charge is 2.48. The maximum absolute atomic E-state index is 13.4. The predicted molar refractivity (Wildman–Crippen MR) is 81.5 cm³/mol. The highest BCUT2D eigenvalue weighted by atomic mass is 19.1. The minimum atomic E-state index is -1.13. The first-order chi connectivity index (χ1) is 11.5. The molecule has 2 rings (SSSR count). The summed E-state index contributed by atoms with van der Waals surface area (Å²) in [6, 6.07) is 9.50. The molecule has 1 saturated heterocycles. The van der Waals surface area contributed by atoms with Crippen LogP contribution in [0.2, 0.25) is 0 Å². The summed E-state index contributed by atoms with van der Waals surface area (Å²) in [6.45, 7) is 2.07. The van der Waals surface area contributed by atoms with Crippen molar-refractivity contribution in [1.29, 1.82) is 0 Å². The monoisotopic (exact) mass is 340 g/mol. The Bertz CT molecular complexity index is 549. The molecule has 132 valence electrons. The van der Waals surface area contributed by atoms with Crippen molar-refractivity contribution in [2.75, 3.05) is 13.3 Å². The van der Waals surface area contributed by atoms with Gasteiger partial charge in [0.1, 0.15) is 0 Å². The zero-order valence-electron chi connectivity index (χ0n) is 13.6. The van der Waals surface area contributed by atoms with E-state index in [1.807, 2.05) is 30.3 Å². The van der Waals surface area contributed by atoms with Gasteiger partial charge in [-0.1, -0.05) is 30.3 Å². The van der Waals surface area contributed by atoms with Crippen molar-refractivity contribution in [1.82, 2.24) is 0 Å². The number of alkyl halides is 1. The van der Waals surface area contributed by atoms with Crippen LogP contribution in [0.4, 0.5) is 4.39 Å². The van der Waals surface area contributed by atoms with Gasteiger partial charge in [0, 0.05) is 13.8 Å². The minimum Gasteiger partial charge on any atom is -0.455 e. The summed E-state index contributed by atoms with van der Waals surface area (Å²) in [7, 11) is 0. The molecule has 0 spiro atoms. The first-order valence-corrected chi connectivity index (χ1v) is 7.68. The first kappa shape index (κ1) is 18.4. The summed E-state index contributed by atoms with van der Waals surface area (Å²) in [5.41, 5.74) is 0.973. The molecule has 0 saturated carbocycles. The average molecular weight is 340 g/mol. The molecule has 7 heteroatoms. The molecule has 1 aliphatic rings. The molecule has 1 aliphatic heterocycles. The Kier molecular flexibility index (Phi) is 6.69. The molecule has 0 radical (unpaired) electrons. The van der Waals surface area contributed by atoms with Gasteiger partial charge in [-0.3, -0.25) is 14.0 Å². The molecule has 24 heavy (non-hydrogen) atoms. The van der Waals surface area contributed by atoms with Gasteiger partial charge in [-0.05, 0) is 5.56 Å². The van der Waals surface area contributed by atoms with Crippen LogP contribution in [-0.2, 0) is 35.1 Å².